The van der Waals surface area contributed by atoms with Crippen molar-refractivity contribution in [3.05, 3.63) is 7.43 Å². The van der Waals surface area contributed by atoms with Crippen LogP contribution in [0, 0.1) is 7.43 Å². The molecule has 0 N–H and O–H groups in total. The molecule has 0 aliphatic carbocycles. The van der Waals surface area contributed by atoms with Gasteiger partial charge in [-0.25, -0.2) is 0 Å². The van der Waals surface area contributed by atoms with Crippen LogP contribution in [-0.2, 0) is 65.4 Å². The van der Waals surface area contributed by atoms with E-state index in [0.29, 0.717) is 0 Å². The van der Waals surface area contributed by atoms with Crippen LogP contribution in [0.3, 0.4) is 0 Å². The van der Waals surface area contributed by atoms with Crippen LogP contribution < -0.4 is 0 Å². The summed E-state index contributed by atoms with van der Waals surface area (Å²) >= 11 is 0. The molecule has 0 aromatic carbocycles. The van der Waals surface area contributed by atoms with Crippen molar-refractivity contribution in [2.75, 3.05) is 0 Å². The van der Waals surface area contributed by atoms with Crippen molar-refractivity contribution in [2.24, 2.45) is 0 Å². The van der Waals surface area contributed by atoms with Crippen LogP contribution in [0.1, 0.15) is 0 Å². The predicted molar refractivity (Wildman–Crippen MR) is 29.4 cm³/mol. The van der Waals surface area contributed by atoms with Gasteiger partial charge in [-0.3, -0.25) is 0 Å². The SMILES string of the molecule is [B].[B][B][B].[CH3-].[Y].[Y]. The maximum absolute atomic E-state index is 4.50. The fourth-order valence-electron chi connectivity index (χ4n) is 0. The van der Waals surface area contributed by atoms with Gasteiger partial charge >= 0.3 is 0 Å². The van der Waals surface area contributed by atoms with E-state index in [9.17, 15) is 0 Å². The van der Waals surface area contributed by atoms with Gasteiger partial charge in [0.2, 0.25) is 0 Å². The zero-order chi connectivity index (χ0) is 2.71. The van der Waals surface area contributed by atoms with E-state index in [1.807, 2.05) is 0 Å². The van der Waals surface area contributed by atoms with Gasteiger partial charge in [0, 0.05) is 96.4 Å². The molecular weight excluding hydrogens is 233 g/mol. The molecule has 0 nitrogen and oxygen atoms in total. The number of hydrogen-bond donors (Lipinski definition) is 0. The van der Waals surface area contributed by atoms with Crippen LogP contribution >= 0.6 is 0 Å². The second-order valence-corrected chi connectivity index (χ2v) is 0.192. The van der Waals surface area contributed by atoms with Crippen LogP contribution in [0.4, 0.5) is 0 Å². The van der Waals surface area contributed by atoms with Crippen LogP contribution in [0.5, 0.6) is 0 Å². The molecule has 0 atom stereocenters. The first-order valence-corrected chi connectivity index (χ1v) is 0.667. The van der Waals surface area contributed by atoms with Gasteiger partial charge in [-0.1, -0.05) is 0 Å². The molecule has 0 heterocycles. The first-order chi connectivity index (χ1) is 1.41. The van der Waals surface area contributed by atoms with Crippen LogP contribution in [-0.4, -0.2) is 30.9 Å². The second-order valence-electron chi connectivity index (χ2n) is 0.192. The Hall–Kier alpha value is 2.47. The van der Waals surface area contributed by atoms with E-state index in [0.717, 1.165) is 7.06 Å². The molecule has 0 unspecified atom stereocenters. The first kappa shape index (κ1) is 34.0. The summed E-state index contributed by atoms with van der Waals surface area (Å²) in [4.78, 5) is 0. The molecule has 7 heavy (non-hydrogen) atoms. The summed E-state index contributed by atoms with van der Waals surface area (Å²) in [5, 5.41) is 0. The Kier molecular flexibility index (Phi) is 191. The zero-order valence-corrected chi connectivity index (χ0v) is 10.1. The summed E-state index contributed by atoms with van der Waals surface area (Å²) < 4.78 is 0. The van der Waals surface area contributed by atoms with Crippen LogP contribution in [0.15, 0.2) is 0 Å². The van der Waals surface area contributed by atoms with Gasteiger partial charge in [0.25, 0.3) is 0 Å². The summed E-state index contributed by atoms with van der Waals surface area (Å²) in [5.74, 6) is 0. The van der Waals surface area contributed by atoms with Crippen LogP contribution in [0.25, 0.3) is 0 Å². The molecule has 0 saturated carbocycles. The zero-order valence-electron chi connectivity index (χ0n) is 4.46. The second kappa shape index (κ2) is 39.3. The normalized spacial score (nSPS) is 1.71. The first-order valence-electron chi connectivity index (χ1n) is 0.667. The number of rotatable bonds is 0. The quantitative estimate of drug-likeness (QED) is 0.371. The standard InChI is InChI=1S/CH3.B3.B.2Y/c;1-3-2;;;/h1H3;;;;/q-1;;;;. The molecule has 0 saturated heterocycles. The summed E-state index contributed by atoms with van der Waals surface area (Å²) in [6.07, 6.45) is 0. The maximum atomic E-state index is 4.50. The molecule has 10 radical (unpaired) electrons. The maximum Gasteiger partial charge on any atom is 0 e. The molecule has 6 heteroatoms. The van der Waals surface area contributed by atoms with E-state index in [1.165, 1.54) is 0 Å². The third kappa shape index (κ3) is 58.2. The molecule has 0 amide bonds. The van der Waals surface area contributed by atoms with E-state index in [-0.39, 0.29) is 81.3 Å². The van der Waals surface area contributed by atoms with Crippen molar-refractivity contribution >= 4 is 30.9 Å². The third-order valence-electron chi connectivity index (χ3n) is 0. The topological polar surface area (TPSA) is 0 Å². The summed E-state index contributed by atoms with van der Waals surface area (Å²) in [6.45, 7) is 0. The Morgan fingerprint density at radius 2 is 1.00 bits per heavy atom. The van der Waals surface area contributed by atoms with Crippen molar-refractivity contribution in [2.45, 2.75) is 0 Å². The molecule has 0 fully saturated rings. The van der Waals surface area contributed by atoms with Gasteiger partial charge in [-0.15, -0.1) is 0 Å². The smallest absolute Gasteiger partial charge is 0 e. The molecule has 0 aromatic rings. The van der Waals surface area contributed by atoms with Gasteiger partial charge in [-0.05, 0) is 0 Å². The minimum Gasteiger partial charge on any atom is -0.358 e. The minimum absolute atomic E-state index is 0. The van der Waals surface area contributed by atoms with Crippen molar-refractivity contribution in [3.63, 3.8) is 0 Å². The van der Waals surface area contributed by atoms with E-state index >= 15 is 0 Å². The monoisotopic (exact) mass is 237 g/mol. The average Bonchev–Trinajstić information content (AvgIpc) is 0.918. The molecular formula is CH3B4Y2-. The van der Waals surface area contributed by atoms with Crippen molar-refractivity contribution in [1.82, 2.24) is 0 Å². The Balaban J connectivity index is -0.00000000333. The Morgan fingerprint density at radius 1 is 1.00 bits per heavy atom. The van der Waals surface area contributed by atoms with Crippen molar-refractivity contribution in [3.8, 4) is 0 Å². The van der Waals surface area contributed by atoms with Gasteiger partial charge in [0.1, 0.15) is 0 Å². The van der Waals surface area contributed by atoms with E-state index < -0.39 is 0 Å². The molecule has 0 aliphatic heterocycles. The summed E-state index contributed by atoms with van der Waals surface area (Å²) in [7, 11) is 10.0. The van der Waals surface area contributed by atoms with Crippen molar-refractivity contribution in [1.29, 1.82) is 0 Å². The molecule has 0 spiro atoms. The minimum atomic E-state index is 0. The van der Waals surface area contributed by atoms with E-state index in [1.54, 1.807) is 0 Å². The molecule has 0 aliphatic rings. The Bertz CT molecular complexity index is 9.65. The predicted octanol–water partition coefficient (Wildman–Crippen LogP) is -1.08. The summed E-state index contributed by atoms with van der Waals surface area (Å²) in [5.41, 5.74) is 0. The van der Waals surface area contributed by atoms with Crippen LogP contribution in [0.2, 0.25) is 0 Å². The van der Waals surface area contributed by atoms with Gasteiger partial charge in [-0.2, -0.15) is 0 Å². The van der Waals surface area contributed by atoms with E-state index in [4.69, 9.17) is 0 Å². The number of hydrogen-bond acceptors (Lipinski definition) is 0. The Morgan fingerprint density at radius 3 is 1.00 bits per heavy atom. The molecule has 0 aromatic heterocycles. The van der Waals surface area contributed by atoms with Gasteiger partial charge < -0.3 is 7.43 Å². The fraction of sp³-hybridized carbons (Fsp3) is 0. The average molecular weight is 236 g/mol. The van der Waals surface area contributed by atoms with Gasteiger partial charge in [0.15, 0.2) is 0 Å². The molecule has 0 bridgehead atoms. The molecule has 0 rings (SSSR count). The third-order valence-corrected chi connectivity index (χ3v) is 0. The van der Waals surface area contributed by atoms with Gasteiger partial charge in [0.05, 0.1) is 0 Å². The fourth-order valence-corrected chi connectivity index (χ4v) is 0. The summed E-state index contributed by atoms with van der Waals surface area (Å²) in [6, 6.07) is 0. The van der Waals surface area contributed by atoms with Crippen molar-refractivity contribution < 1.29 is 65.4 Å². The molecule has 26 valence electrons. The van der Waals surface area contributed by atoms with E-state index in [2.05, 4.69) is 15.5 Å². The largest absolute Gasteiger partial charge is 0.358 e. The Labute approximate surface area is 102 Å².